The van der Waals surface area contributed by atoms with E-state index in [1.807, 2.05) is 18.2 Å². The van der Waals surface area contributed by atoms with Crippen LogP contribution >= 0.6 is 31.9 Å². The Morgan fingerprint density at radius 1 is 1.36 bits per heavy atom. The fourth-order valence-corrected chi connectivity index (χ4v) is 1.59. The molecule has 3 nitrogen and oxygen atoms in total. The standard InChI is InChI=1S/C9H4Br2NO2/c10-6-2-1-3-7(9(6)11)14-8-4-13-5-12-8/h1-4H. The Morgan fingerprint density at radius 2 is 2.21 bits per heavy atom. The molecule has 0 aliphatic carbocycles. The predicted octanol–water partition coefficient (Wildman–Crippen LogP) is 3.79. The molecular formula is C9H4Br2NO2. The summed E-state index contributed by atoms with van der Waals surface area (Å²) in [6.45, 7) is 0. The van der Waals surface area contributed by atoms with Gasteiger partial charge in [0, 0.05) is 4.47 Å². The average Bonchev–Trinajstić information content (AvgIpc) is 2.66. The van der Waals surface area contributed by atoms with Gasteiger partial charge in [-0.3, -0.25) is 0 Å². The number of oxazole rings is 1. The molecule has 0 saturated heterocycles. The number of ether oxygens (including phenoxy) is 1. The van der Waals surface area contributed by atoms with E-state index < -0.39 is 0 Å². The number of hydrogen-bond donors (Lipinski definition) is 0. The van der Waals surface area contributed by atoms with Crippen molar-refractivity contribution in [3.05, 3.63) is 39.8 Å². The summed E-state index contributed by atoms with van der Waals surface area (Å²) in [5, 5.41) is 0. The molecule has 0 bridgehead atoms. The van der Waals surface area contributed by atoms with Crippen LogP contribution in [0.3, 0.4) is 0 Å². The Bertz CT molecular complexity index is 428. The zero-order valence-electron chi connectivity index (χ0n) is 6.83. The highest BCUT2D eigenvalue weighted by Crippen LogP contribution is 2.34. The Balaban J connectivity index is 2.29. The molecular weight excluding hydrogens is 314 g/mol. The maximum Gasteiger partial charge on any atom is 0.287 e. The molecule has 0 atom stereocenters. The van der Waals surface area contributed by atoms with Crippen molar-refractivity contribution in [1.29, 1.82) is 0 Å². The van der Waals surface area contributed by atoms with Crippen molar-refractivity contribution in [3.63, 3.8) is 0 Å². The lowest BCUT2D eigenvalue weighted by Crippen LogP contribution is -1.85. The average molecular weight is 318 g/mol. The zero-order valence-corrected chi connectivity index (χ0v) is 10.0. The first kappa shape index (κ1) is 9.73. The van der Waals surface area contributed by atoms with E-state index >= 15 is 0 Å². The van der Waals surface area contributed by atoms with Crippen LogP contribution in [0.15, 0.2) is 37.8 Å². The van der Waals surface area contributed by atoms with Gasteiger partial charge in [-0.1, -0.05) is 6.07 Å². The fraction of sp³-hybridized carbons (Fsp3) is 0. The SMILES string of the molecule is Brc1cccc(Oc2co[c]n2)c1Br. The van der Waals surface area contributed by atoms with Crippen molar-refractivity contribution >= 4 is 31.9 Å². The molecule has 0 saturated carbocycles. The van der Waals surface area contributed by atoms with Crippen molar-refractivity contribution in [1.82, 2.24) is 4.98 Å². The number of aromatic nitrogens is 1. The Kier molecular flexibility index (Phi) is 2.88. The van der Waals surface area contributed by atoms with E-state index in [1.54, 1.807) is 0 Å². The van der Waals surface area contributed by atoms with Crippen molar-refractivity contribution in [2.24, 2.45) is 0 Å². The van der Waals surface area contributed by atoms with Gasteiger partial charge in [-0.2, -0.15) is 4.98 Å². The summed E-state index contributed by atoms with van der Waals surface area (Å²) >= 11 is 6.76. The number of nitrogens with zero attached hydrogens (tertiary/aromatic N) is 1. The third kappa shape index (κ3) is 1.99. The summed E-state index contributed by atoms with van der Waals surface area (Å²) in [7, 11) is 0. The van der Waals surface area contributed by atoms with E-state index in [9.17, 15) is 0 Å². The molecule has 0 aliphatic rings. The normalized spacial score (nSPS) is 10.1. The molecule has 1 heterocycles. The molecule has 0 unspecified atom stereocenters. The van der Waals surface area contributed by atoms with Crippen LogP contribution in [-0.4, -0.2) is 4.98 Å². The first-order valence-corrected chi connectivity index (χ1v) is 5.29. The second-order valence-electron chi connectivity index (χ2n) is 2.43. The second-order valence-corrected chi connectivity index (χ2v) is 4.08. The molecule has 2 aromatic rings. The minimum atomic E-state index is 0.379. The Hall–Kier alpha value is -0.810. The molecule has 0 amide bonds. The smallest absolute Gasteiger partial charge is 0.287 e. The predicted molar refractivity (Wildman–Crippen MR) is 57.3 cm³/mol. The van der Waals surface area contributed by atoms with E-state index in [0.717, 1.165) is 8.95 Å². The van der Waals surface area contributed by atoms with E-state index in [0.29, 0.717) is 11.6 Å². The number of halogens is 2. The maximum absolute atomic E-state index is 5.42. The summed E-state index contributed by atoms with van der Waals surface area (Å²) in [5.74, 6) is 1.05. The molecule has 71 valence electrons. The Labute approximate surface area is 97.4 Å². The molecule has 14 heavy (non-hydrogen) atoms. The summed E-state index contributed by atoms with van der Waals surface area (Å²) in [5.41, 5.74) is 0. The lowest BCUT2D eigenvalue weighted by atomic mass is 10.3. The van der Waals surface area contributed by atoms with Gasteiger partial charge in [-0.05, 0) is 44.0 Å². The highest BCUT2D eigenvalue weighted by atomic mass is 79.9. The third-order valence-electron chi connectivity index (χ3n) is 1.50. The van der Waals surface area contributed by atoms with Crippen LogP contribution < -0.4 is 4.74 Å². The van der Waals surface area contributed by atoms with Gasteiger partial charge < -0.3 is 9.15 Å². The molecule has 0 fully saturated rings. The Morgan fingerprint density at radius 3 is 2.93 bits per heavy atom. The lowest BCUT2D eigenvalue weighted by molar-refractivity contribution is 0.454. The van der Waals surface area contributed by atoms with Crippen molar-refractivity contribution in [2.45, 2.75) is 0 Å². The minimum absolute atomic E-state index is 0.379. The largest absolute Gasteiger partial charge is 0.437 e. The quantitative estimate of drug-likeness (QED) is 0.845. The molecule has 0 spiro atoms. The molecule has 0 aliphatic heterocycles. The third-order valence-corrected chi connectivity index (χ3v) is 3.51. The summed E-state index contributed by atoms with van der Waals surface area (Å²) in [6, 6.07) is 5.60. The number of rotatable bonds is 2. The molecule has 1 aromatic heterocycles. The van der Waals surface area contributed by atoms with Gasteiger partial charge in [0.25, 0.3) is 12.3 Å². The van der Waals surface area contributed by atoms with Gasteiger partial charge in [0.1, 0.15) is 5.75 Å². The molecule has 0 N–H and O–H groups in total. The first-order valence-electron chi connectivity index (χ1n) is 3.71. The topological polar surface area (TPSA) is 35.3 Å². The van der Waals surface area contributed by atoms with E-state index in [2.05, 4.69) is 47.7 Å². The summed E-state index contributed by atoms with van der Waals surface area (Å²) < 4.78 is 11.8. The highest BCUT2D eigenvalue weighted by Gasteiger charge is 2.06. The van der Waals surface area contributed by atoms with Crippen LogP contribution in [0.25, 0.3) is 0 Å². The molecule has 5 heteroatoms. The summed E-state index contributed by atoms with van der Waals surface area (Å²) in [4.78, 5) is 3.73. The van der Waals surface area contributed by atoms with Gasteiger partial charge in [0.15, 0.2) is 6.26 Å². The van der Waals surface area contributed by atoms with Crippen LogP contribution in [0.2, 0.25) is 0 Å². The first-order chi connectivity index (χ1) is 6.77. The van der Waals surface area contributed by atoms with E-state index in [4.69, 9.17) is 4.74 Å². The lowest BCUT2D eigenvalue weighted by Gasteiger charge is -2.04. The molecule has 1 aromatic carbocycles. The van der Waals surface area contributed by atoms with Gasteiger partial charge >= 0.3 is 0 Å². The molecule has 2 rings (SSSR count). The van der Waals surface area contributed by atoms with Gasteiger partial charge in [0.2, 0.25) is 0 Å². The van der Waals surface area contributed by atoms with Crippen molar-refractivity contribution < 1.29 is 9.15 Å². The van der Waals surface area contributed by atoms with Crippen molar-refractivity contribution in [2.75, 3.05) is 0 Å². The van der Waals surface area contributed by atoms with Crippen LogP contribution in [-0.2, 0) is 0 Å². The van der Waals surface area contributed by atoms with Crippen LogP contribution in [0, 0.1) is 6.39 Å². The number of benzene rings is 1. The number of hydrogen-bond acceptors (Lipinski definition) is 3. The minimum Gasteiger partial charge on any atom is -0.437 e. The van der Waals surface area contributed by atoms with Crippen molar-refractivity contribution in [3.8, 4) is 11.6 Å². The zero-order chi connectivity index (χ0) is 9.97. The fourth-order valence-electron chi connectivity index (χ4n) is 0.897. The van der Waals surface area contributed by atoms with Crippen LogP contribution in [0.1, 0.15) is 0 Å². The highest BCUT2D eigenvalue weighted by molar-refractivity contribution is 9.13. The monoisotopic (exact) mass is 316 g/mol. The van der Waals surface area contributed by atoms with Gasteiger partial charge in [-0.25, -0.2) is 0 Å². The van der Waals surface area contributed by atoms with E-state index in [1.165, 1.54) is 6.26 Å². The maximum atomic E-state index is 5.42. The van der Waals surface area contributed by atoms with Crippen LogP contribution in [0.5, 0.6) is 11.6 Å². The van der Waals surface area contributed by atoms with E-state index in [-0.39, 0.29) is 0 Å². The van der Waals surface area contributed by atoms with Gasteiger partial charge in [0.05, 0.1) is 4.47 Å². The van der Waals surface area contributed by atoms with Gasteiger partial charge in [-0.15, -0.1) is 0 Å². The molecule has 1 radical (unpaired) electrons. The summed E-state index contributed by atoms with van der Waals surface area (Å²) in [6.07, 6.45) is 3.69. The van der Waals surface area contributed by atoms with Crippen LogP contribution in [0.4, 0.5) is 0 Å². The second kappa shape index (κ2) is 4.14.